The highest BCUT2D eigenvalue weighted by atomic mass is 32.2. The summed E-state index contributed by atoms with van der Waals surface area (Å²) < 4.78 is 0. The monoisotopic (exact) mass is 291 g/mol. The molecule has 1 aromatic carbocycles. The van der Waals surface area contributed by atoms with Crippen molar-refractivity contribution in [3.05, 3.63) is 35.4 Å². The quantitative estimate of drug-likeness (QED) is 0.597. The summed E-state index contributed by atoms with van der Waals surface area (Å²) in [7, 11) is 0. The first kappa shape index (κ1) is 14.8. The number of hydrogen-bond acceptors (Lipinski definition) is 4. The molecule has 1 heterocycles. The fourth-order valence-corrected chi connectivity index (χ4v) is 3.16. The van der Waals surface area contributed by atoms with Gasteiger partial charge < -0.3 is 4.79 Å². The minimum Gasteiger partial charge on any atom is -0.303 e. The molecule has 1 saturated heterocycles. The van der Waals surface area contributed by atoms with Crippen LogP contribution in [0.1, 0.15) is 24.0 Å². The van der Waals surface area contributed by atoms with E-state index in [9.17, 15) is 14.4 Å². The van der Waals surface area contributed by atoms with Crippen molar-refractivity contribution in [3.8, 4) is 0 Å². The molecule has 1 fully saturated rings. The van der Waals surface area contributed by atoms with E-state index in [1.54, 1.807) is 0 Å². The van der Waals surface area contributed by atoms with E-state index < -0.39 is 0 Å². The van der Waals surface area contributed by atoms with Crippen LogP contribution in [0.2, 0.25) is 0 Å². The number of hydrogen-bond donors (Lipinski definition) is 0. The summed E-state index contributed by atoms with van der Waals surface area (Å²) in [6.45, 7) is 2.35. The summed E-state index contributed by atoms with van der Waals surface area (Å²) in [5.41, 5.74) is 2.23. The van der Waals surface area contributed by atoms with E-state index in [4.69, 9.17) is 0 Å². The molecule has 106 valence electrons. The van der Waals surface area contributed by atoms with Crippen molar-refractivity contribution in [3.63, 3.8) is 0 Å². The number of imide groups is 1. The van der Waals surface area contributed by atoms with Crippen LogP contribution in [0.4, 0.5) is 4.79 Å². The molecule has 1 unspecified atom stereocenters. The molecule has 5 heteroatoms. The van der Waals surface area contributed by atoms with Crippen LogP contribution in [0.3, 0.4) is 0 Å². The predicted octanol–water partition coefficient (Wildman–Crippen LogP) is 2.58. The van der Waals surface area contributed by atoms with E-state index >= 15 is 0 Å². The molecule has 1 aliphatic heterocycles. The fourth-order valence-electron chi connectivity index (χ4n) is 2.10. The van der Waals surface area contributed by atoms with Crippen molar-refractivity contribution in [1.29, 1.82) is 0 Å². The number of nitrogens with zero attached hydrogens (tertiary/aromatic N) is 1. The molecule has 0 N–H and O–H groups in total. The molecule has 4 nitrogen and oxygen atoms in total. The van der Waals surface area contributed by atoms with Gasteiger partial charge in [-0.2, -0.15) is 0 Å². The van der Waals surface area contributed by atoms with Crippen molar-refractivity contribution in [2.24, 2.45) is 0 Å². The molecule has 1 aliphatic rings. The van der Waals surface area contributed by atoms with Gasteiger partial charge in [0.1, 0.15) is 6.29 Å². The highest BCUT2D eigenvalue weighted by Gasteiger charge is 2.38. The summed E-state index contributed by atoms with van der Waals surface area (Å²) in [5.74, 6) is -0.133. The molecule has 0 saturated carbocycles. The SMILES string of the molecule is Cc1ccc(CC2SC(=O)N(CCCC=O)C2=O)cc1. The molecule has 0 radical (unpaired) electrons. The van der Waals surface area contributed by atoms with Crippen molar-refractivity contribution < 1.29 is 14.4 Å². The maximum Gasteiger partial charge on any atom is 0.289 e. The first-order valence-corrected chi connectivity index (χ1v) is 7.51. The van der Waals surface area contributed by atoms with Gasteiger partial charge in [-0.15, -0.1) is 0 Å². The minimum atomic E-state index is -0.332. The lowest BCUT2D eigenvalue weighted by Gasteiger charge is -2.12. The zero-order valence-electron chi connectivity index (χ0n) is 11.4. The zero-order valence-corrected chi connectivity index (χ0v) is 12.2. The molecule has 0 spiro atoms. The summed E-state index contributed by atoms with van der Waals surface area (Å²) in [6.07, 6.45) is 2.30. The molecule has 2 amide bonds. The number of benzene rings is 1. The van der Waals surface area contributed by atoms with Gasteiger partial charge in [0.05, 0.1) is 5.25 Å². The Morgan fingerprint density at radius 2 is 1.95 bits per heavy atom. The number of carbonyl (C=O) groups is 3. The molecule has 0 bridgehead atoms. The van der Waals surface area contributed by atoms with Crippen molar-refractivity contribution in [2.75, 3.05) is 6.54 Å². The number of rotatable bonds is 6. The van der Waals surface area contributed by atoms with E-state index in [1.165, 1.54) is 10.5 Å². The summed E-state index contributed by atoms with van der Waals surface area (Å²) >= 11 is 1.09. The van der Waals surface area contributed by atoms with Crippen LogP contribution in [-0.4, -0.2) is 34.1 Å². The minimum absolute atomic E-state index is 0.133. The lowest BCUT2D eigenvalue weighted by atomic mass is 10.1. The molecule has 20 heavy (non-hydrogen) atoms. The maximum atomic E-state index is 12.2. The van der Waals surface area contributed by atoms with E-state index in [2.05, 4.69) is 0 Å². The second kappa shape index (κ2) is 6.70. The highest BCUT2D eigenvalue weighted by Crippen LogP contribution is 2.29. The molecule has 1 atom stereocenters. The average Bonchev–Trinajstić information content (AvgIpc) is 2.69. The van der Waals surface area contributed by atoms with Crippen LogP contribution in [0.25, 0.3) is 0 Å². The number of amides is 2. The standard InChI is InChI=1S/C15H17NO3S/c1-11-4-6-12(7-5-11)10-13-14(18)16(15(19)20-13)8-2-3-9-17/h4-7,9,13H,2-3,8,10H2,1H3. The van der Waals surface area contributed by atoms with Crippen LogP contribution in [0, 0.1) is 6.92 Å². The number of aryl methyl sites for hydroxylation is 1. The highest BCUT2D eigenvalue weighted by molar-refractivity contribution is 8.15. The van der Waals surface area contributed by atoms with Crippen molar-refractivity contribution >= 4 is 29.2 Å². The molecule has 1 aromatic rings. The van der Waals surface area contributed by atoms with Crippen LogP contribution in [0.5, 0.6) is 0 Å². The third kappa shape index (κ3) is 3.48. The molecular formula is C15H17NO3S. The summed E-state index contributed by atoms with van der Waals surface area (Å²) in [4.78, 5) is 35.5. The van der Waals surface area contributed by atoms with E-state index in [0.717, 1.165) is 23.6 Å². The molecule has 0 aliphatic carbocycles. The fraction of sp³-hybridized carbons (Fsp3) is 0.400. The Kier molecular flexibility index (Phi) is 4.95. The molecule has 0 aromatic heterocycles. The summed E-state index contributed by atoms with van der Waals surface area (Å²) in [5, 5.41) is -0.528. The topological polar surface area (TPSA) is 54.5 Å². The van der Waals surface area contributed by atoms with Gasteiger partial charge >= 0.3 is 0 Å². The Bertz CT molecular complexity index is 512. The van der Waals surface area contributed by atoms with E-state index in [1.807, 2.05) is 31.2 Å². The van der Waals surface area contributed by atoms with Gasteiger partial charge in [-0.05, 0) is 25.3 Å². The molecule has 2 rings (SSSR count). The number of aldehydes is 1. The first-order valence-electron chi connectivity index (χ1n) is 6.63. The lowest BCUT2D eigenvalue weighted by molar-refractivity contribution is -0.126. The van der Waals surface area contributed by atoms with Gasteiger partial charge in [0.25, 0.3) is 5.24 Å². The van der Waals surface area contributed by atoms with Gasteiger partial charge in [0.2, 0.25) is 5.91 Å². The number of thioether (sulfide) groups is 1. The van der Waals surface area contributed by atoms with Gasteiger partial charge in [0.15, 0.2) is 0 Å². The van der Waals surface area contributed by atoms with Crippen LogP contribution < -0.4 is 0 Å². The van der Waals surface area contributed by atoms with E-state index in [-0.39, 0.29) is 16.4 Å². The third-order valence-corrected chi connectivity index (χ3v) is 4.33. The summed E-state index contributed by atoms with van der Waals surface area (Å²) in [6, 6.07) is 7.98. The smallest absolute Gasteiger partial charge is 0.289 e. The lowest BCUT2D eigenvalue weighted by Crippen LogP contribution is -2.33. The Morgan fingerprint density at radius 3 is 2.60 bits per heavy atom. The normalized spacial score (nSPS) is 18.6. The van der Waals surface area contributed by atoms with Crippen LogP contribution in [-0.2, 0) is 16.0 Å². The average molecular weight is 291 g/mol. The van der Waals surface area contributed by atoms with Crippen molar-refractivity contribution in [2.45, 2.75) is 31.4 Å². The second-order valence-electron chi connectivity index (χ2n) is 4.86. The van der Waals surface area contributed by atoms with Gasteiger partial charge in [-0.1, -0.05) is 41.6 Å². The largest absolute Gasteiger partial charge is 0.303 e. The van der Waals surface area contributed by atoms with Gasteiger partial charge in [0, 0.05) is 13.0 Å². The number of carbonyl (C=O) groups excluding carboxylic acids is 3. The van der Waals surface area contributed by atoms with E-state index in [0.29, 0.717) is 25.8 Å². The Hall–Kier alpha value is -1.62. The van der Waals surface area contributed by atoms with Crippen LogP contribution >= 0.6 is 11.8 Å². The Morgan fingerprint density at radius 1 is 1.25 bits per heavy atom. The first-order chi connectivity index (χ1) is 9.61. The van der Waals surface area contributed by atoms with Crippen molar-refractivity contribution in [1.82, 2.24) is 4.90 Å². The Balaban J connectivity index is 1.96. The second-order valence-corrected chi connectivity index (χ2v) is 6.01. The van der Waals surface area contributed by atoms with Gasteiger partial charge in [-0.3, -0.25) is 14.5 Å². The molecular weight excluding hydrogens is 274 g/mol. The maximum absolute atomic E-state index is 12.2. The predicted molar refractivity (Wildman–Crippen MR) is 78.7 cm³/mol. The number of unbranched alkanes of at least 4 members (excludes halogenated alkanes) is 1. The van der Waals surface area contributed by atoms with Crippen LogP contribution in [0.15, 0.2) is 24.3 Å². The Labute approximate surface area is 122 Å². The zero-order chi connectivity index (χ0) is 14.5. The third-order valence-electron chi connectivity index (χ3n) is 3.25. The van der Waals surface area contributed by atoms with Gasteiger partial charge in [-0.25, -0.2) is 0 Å².